The molecule has 2 aliphatic rings. The predicted octanol–water partition coefficient (Wildman–Crippen LogP) is 4.19. The minimum Gasteiger partial charge on any atom is -0.459 e. The lowest BCUT2D eigenvalue weighted by molar-refractivity contribution is 0.00459. The van der Waals surface area contributed by atoms with E-state index >= 15 is 0 Å². The van der Waals surface area contributed by atoms with Gasteiger partial charge in [0.05, 0.1) is 11.7 Å². The molecule has 0 bridgehead atoms. The molecule has 22 heavy (non-hydrogen) atoms. The van der Waals surface area contributed by atoms with Crippen molar-refractivity contribution in [3.63, 3.8) is 0 Å². The Labute approximate surface area is 132 Å². The molecule has 0 aliphatic heterocycles. The van der Waals surface area contributed by atoms with E-state index in [1.54, 1.807) is 0 Å². The summed E-state index contributed by atoms with van der Waals surface area (Å²) in [6.07, 6.45) is 9.30. The van der Waals surface area contributed by atoms with Gasteiger partial charge >= 0.3 is 5.97 Å². The van der Waals surface area contributed by atoms with Crippen molar-refractivity contribution in [1.29, 1.82) is 0 Å². The molecule has 120 valence electrons. The number of aliphatic hydroxyl groups excluding tert-OH is 1. The van der Waals surface area contributed by atoms with Crippen molar-refractivity contribution in [1.82, 2.24) is 0 Å². The molecule has 0 saturated heterocycles. The zero-order valence-corrected chi connectivity index (χ0v) is 13.2. The van der Waals surface area contributed by atoms with Crippen LogP contribution in [0.3, 0.4) is 0 Å². The molecule has 0 radical (unpaired) electrons. The third-order valence-electron chi connectivity index (χ3n) is 5.14. The Hall–Kier alpha value is -1.35. The van der Waals surface area contributed by atoms with Crippen molar-refractivity contribution in [2.24, 2.45) is 0 Å². The van der Waals surface area contributed by atoms with Gasteiger partial charge in [0, 0.05) is 0 Å². The highest BCUT2D eigenvalue weighted by Crippen LogP contribution is 2.32. The van der Waals surface area contributed by atoms with Gasteiger partial charge in [-0.05, 0) is 62.1 Å². The summed E-state index contributed by atoms with van der Waals surface area (Å²) in [6, 6.07) is 8.00. The lowest BCUT2D eigenvalue weighted by Gasteiger charge is -2.25. The van der Waals surface area contributed by atoms with E-state index < -0.39 is 0 Å². The van der Waals surface area contributed by atoms with Crippen LogP contribution in [0, 0.1) is 0 Å². The van der Waals surface area contributed by atoms with Gasteiger partial charge in [-0.25, -0.2) is 4.79 Å². The maximum absolute atomic E-state index is 12.2. The minimum absolute atomic E-state index is 0.0334. The standard InChI is InChI=1S/C19H26O3/c20-17-10-12-18(13-11-17)22-19(21)16-8-6-15(7-9-16)14-4-2-1-3-5-14/h6-9,14,17-18,20H,1-5,10-13H2. The Balaban J connectivity index is 1.56. The zero-order valence-electron chi connectivity index (χ0n) is 13.2. The summed E-state index contributed by atoms with van der Waals surface area (Å²) < 4.78 is 5.56. The van der Waals surface area contributed by atoms with Crippen molar-refractivity contribution < 1.29 is 14.6 Å². The van der Waals surface area contributed by atoms with Crippen LogP contribution in [0.4, 0.5) is 0 Å². The summed E-state index contributed by atoms with van der Waals surface area (Å²) in [7, 11) is 0. The van der Waals surface area contributed by atoms with Crippen LogP contribution >= 0.6 is 0 Å². The van der Waals surface area contributed by atoms with Gasteiger partial charge in [0.1, 0.15) is 6.10 Å². The molecule has 1 N–H and O–H groups in total. The molecule has 1 aromatic rings. The quantitative estimate of drug-likeness (QED) is 0.851. The van der Waals surface area contributed by atoms with E-state index in [1.165, 1.54) is 37.7 Å². The highest BCUT2D eigenvalue weighted by atomic mass is 16.5. The first-order valence-corrected chi connectivity index (χ1v) is 8.71. The Morgan fingerprint density at radius 1 is 0.909 bits per heavy atom. The molecule has 1 aromatic carbocycles. The van der Waals surface area contributed by atoms with Crippen LogP contribution in [-0.2, 0) is 4.74 Å². The highest BCUT2D eigenvalue weighted by molar-refractivity contribution is 5.89. The van der Waals surface area contributed by atoms with E-state index in [1.807, 2.05) is 12.1 Å². The largest absolute Gasteiger partial charge is 0.459 e. The summed E-state index contributed by atoms with van der Waals surface area (Å²) in [5.41, 5.74) is 2.00. The number of ether oxygens (including phenoxy) is 1. The highest BCUT2D eigenvalue weighted by Gasteiger charge is 2.23. The number of esters is 1. The molecule has 0 unspecified atom stereocenters. The second kappa shape index (κ2) is 7.28. The lowest BCUT2D eigenvalue weighted by Crippen LogP contribution is -2.26. The lowest BCUT2D eigenvalue weighted by atomic mass is 9.84. The van der Waals surface area contributed by atoms with Gasteiger partial charge in [0.15, 0.2) is 0 Å². The average Bonchev–Trinajstić information content (AvgIpc) is 2.58. The Bertz CT molecular complexity index is 480. The second-order valence-corrected chi connectivity index (χ2v) is 6.79. The van der Waals surface area contributed by atoms with E-state index in [9.17, 15) is 9.90 Å². The molecule has 3 heteroatoms. The van der Waals surface area contributed by atoms with E-state index in [0.717, 1.165) is 25.7 Å². The molecule has 0 atom stereocenters. The molecule has 2 aliphatic carbocycles. The normalized spacial score (nSPS) is 26.6. The average molecular weight is 302 g/mol. The first-order valence-electron chi connectivity index (χ1n) is 8.71. The van der Waals surface area contributed by atoms with Gasteiger partial charge in [-0.2, -0.15) is 0 Å². The molecular formula is C19H26O3. The van der Waals surface area contributed by atoms with Crippen LogP contribution in [0.2, 0.25) is 0 Å². The number of aliphatic hydroxyl groups is 1. The zero-order chi connectivity index (χ0) is 15.4. The second-order valence-electron chi connectivity index (χ2n) is 6.79. The molecular weight excluding hydrogens is 276 g/mol. The molecule has 0 aromatic heterocycles. The van der Waals surface area contributed by atoms with Crippen LogP contribution in [-0.4, -0.2) is 23.3 Å². The van der Waals surface area contributed by atoms with Crippen LogP contribution < -0.4 is 0 Å². The Kier molecular flexibility index (Phi) is 5.14. The van der Waals surface area contributed by atoms with Crippen molar-refractivity contribution in [2.75, 3.05) is 0 Å². The Morgan fingerprint density at radius 3 is 2.18 bits per heavy atom. The number of carbonyl (C=O) groups excluding carboxylic acids is 1. The van der Waals surface area contributed by atoms with Crippen molar-refractivity contribution in [3.05, 3.63) is 35.4 Å². The fourth-order valence-electron chi connectivity index (χ4n) is 3.71. The molecule has 0 heterocycles. The first-order chi connectivity index (χ1) is 10.7. The number of hydrogen-bond acceptors (Lipinski definition) is 3. The summed E-state index contributed by atoms with van der Waals surface area (Å²) in [5.74, 6) is 0.440. The van der Waals surface area contributed by atoms with Gasteiger partial charge in [-0.3, -0.25) is 0 Å². The van der Waals surface area contributed by atoms with Crippen LogP contribution in [0.25, 0.3) is 0 Å². The summed E-state index contributed by atoms with van der Waals surface area (Å²) >= 11 is 0. The van der Waals surface area contributed by atoms with Crippen molar-refractivity contribution >= 4 is 5.97 Å². The molecule has 0 spiro atoms. The van der Waals surface area contributed by atoms with Crippen LogP contribution in [0.1, 0.15) is 79.6 Å². The maximum Gasteiger partial charge on any atom is 0.338 e. The monoisotopic (exact) mass is 302 g/mol. The summed E-state index contributed by atoms with van der Waals surface area (Å²) in [5, 5.41) is 9.49. The van der Waals surface area contributed by atoms with Gasteiger partial charge in [-0.1, -0.05) is 31.4 Å². The minimum atomic E-state index is -0.225. The maximum atomic E-state index is 12.2. The molecule has 2 fully saturated rings. The summed E-state index contributed by atoms with van der Waals surface area (Å²) in [6.45, 7) is 0. The molecule has 0 amide bonds. The molecule has 2 saturated carbocycles. The number of carbonyl (C=O) groups is 1. The SMILES string of the molecule is O=C(OC1CCC(O)CC1)c1ccc(C2CCCCC2)cc1. The van der Waals surface area contributed by atoms with Gasteiger partial charge in [-0.15, -0.1) is 0 Å². The fraction of sp³-hybridized carbons (Fsp3) is 0.632. The van der Waals surface area contributed by atoms with Crippen LogP contribution in [0.15, 0.2) is 24.3 Å². The summed E-state index contributed by atoms with van der Waals surface area (Å²) in [4.78, 5) is 12.2. The third kappa shape index (κ3) is 3.89. The van der Waals surface area contributed by atoms with E-state index in [2.05, 4.69) is 12.1 Å². The van der Waals surface area contributed by atoms with Gasteiger partial charge in [0.2, 0.25) is 0 Å². The predicted molar refractivity (Wildman–Crippen MR) is 85.9 cm³/mol. The van der Waals surface area contributed by atoms with E-state index in [-0.39, 0.29) is 18.2 Å². The van der Waals surface area contributed by atoms with Crippen molar-refractivity contribution in [3.8, 4) is 0 Å². The molecule has 3 rings (SSSR count). The number of hydrogen-bond donors (Lipinski definition) is 1. The topological polar surface area (TPSA) is 46.5 Å². The van der Waals surface area contributed by atoms with E-state index in [4.69, 9.17) is 4.74 Å². The van der Waals surface area contributed by atoms with E-state index in [0.29, 0.717) is 11.5 Å². The van der Waals surface area contributed by atoms with Crippen molar-refractivity contribution in [2.45, 2.75) is 75.9 Å². The number of benzene rings is 1. The third-order valence-corrected chi connectivity index (χ3v) is 5.14. The number of rotatable bonds is 3. The molecule has 3 nitrogen and oxygen atoms in total. The smallest absolute Gasteiger partial charge is 0.338 e. The van der Waals surface area contributed by atoms with Gasteiger partial charge < -0.3 is 9.84 Å². The first kappa shape index (κ1) is 15.5. The van der Waals surface area contributed by atoms with Crippen LogP contribution in [0.5, 0.6) is 0 Å². The van der Waals surface area contributed by atoms with Gasteiger partial charge in [0.25, 0.3) is 0 Å². The fourth-order valence-corrected chi connectivity index (χ4v) is 3.71. The Morgan fingerprint density at radius 2 is 1.55 bits per heavy atom.